The molecule has 0 radical (unpaired) electrons. The van der Waals surface area contributed by atoms with Crippen LogP contribution in [0.5, 0.6) is 0 Å². The molecule has 4 fully saturated rings. The van der Waals surface area contributed by atoms with E-state index >= 15 is 0 Å². The van der Waals surface area contributed by atoms with E-state index in [1.165, 1.54) is 58.4 Å². The van der Waals surface area contributed by atoms with Gasteiger partial charge in [0.1, 0.15) is 0 Å². The molecule has 1 aliphatic carbocycles. The number of hydrogen-bond donors (Lipinski definition) is 0. The fourth-order valence-corrected chi connectivity index (χ4v) is 6.73. The van der Waals surface area contributed by atoms with Crippen molar-refractivity contribution >= 4 is 0 Å². The molecule has 24 heavy (non-hydrogen) atoms. The van der Waals surface area contributed by atoms with Crippen molar-refractivity contribution in [3.8, 4) is 0 Å². The maximum absolute atomic E-state index is 2.89. The molecule has 138 valence electrons. The van der Waals surface area contributed by atoms with Crippen molar-refractivity contribution in [3.63, 3.8) is 0 Å². The van der Waals surface area contributed by atoms with Gasteiger partial charge in [-0.3, -0.25) is 14.7 Å². The minimum atomic E-state index is 0.400. The molecule has 4 aliphatic rings. The molecule has 0 amide bonds. The highest BCUT2D eigenvalue weighted by atomic mass is 15.4. The maximum atomic E-state index is 2.89. The van der Waals surface area contributed by atoms with Crippen molar-refractivity contribution in [2.45, 2.75) is 84.0 Å². The highest BCUT2D eigenvalue weighted by Crippen LogP contribution is 2.47. The molecular formula is C21H39N3. The van der Waals surface area contributed by atoms with Crippen LogP contribution in [0.3, 0.4) is 0 Å². The Hall–Kier alpha value is -0.120. The number of piperazine rings is 1. The molecule has 0 aromatic carbocycles. The minimum absolute atomic E-state index is 0.400. The first kappa shape index (κ1) is 17.3. The average molecular weight is 334 g/mol. The second-order valence-corrected chi connectivity index (χ2v) is 10.3. The van der Waals surface area contributed by atoms with Crippen LogP contribution in [-0.4, -0.2) is 71.1 Å². The van der Waals surface area contributed by atoms with Crippen LogP contribution in [0, 0.1) is 17.8 Å². The third-order valence-electron chi connectivity index (χ3n) is 7.70. The van der Waals surface area contributed by atoms with Crippen molar-refractivity contribution in [2.75, 3.05) is 32.7 Å². The molecule has 3 heterocycles. The molecule has 3 saturated heterocycles. The lowest BCUT2D eigenvalue weighted by Gasteiger charge is -2.46. The Morgan fingerprint density at radius 1 is 0.917 bits per heavy atom. The van der Waals surface area contributed by atoms with Crippen LogP contribution in [0.15, 0.2) is 0 Å². The van der Waals surface area contributed by atoms with Crippen LogP contribution in [0.4, 0.5) is 0 Å². The third-order valence-corrected chi connectivity index (χ3v) is 7.70. The van der Waals surface area contributed by atoms with Crippen LogP contribution in [0.25, 0.3) is 0 Å². The van der Waals surface area contributed by atoms with Gasteiger partial charge >= 0.3 is 0 Å². The topological polar surface area (TPSA) is 9.72 Å². The van der Waals surface area contributed by atoms with Gasteiger partial charge in [0.25, 0.3) is 0 Å². The first-order valence-electron chi connectivity index (χ1n) is 10.6. The van der Waals surface area contributed by atoms with Crippen LogP contribution in [-0.2, 0) is 0 Å². The van der Waals surface area contributed by atoms with Crippen LogP contribution < -0.4 is 0 Å². The van der Waals surface area contributed by atoms with Crippen molar-refractivity contribution < 1.29 is 0 Å². The summed E-state index contributed by atoms with van der Waals surface area (Å²) in [6.07, 6.45) is 5.82. The van der Waals surface area contributed by atoms with Crippen LogP contribution in [0.1, 0.15) is 60.3 Å². The second-order valence-electron chi connectivity index (χ2n) is 10.3. The lowest BCUT2D eigenvalue weighted by atomic mass is 9.81. The molecule has 3 aliphatic heterocycles. The molecule has 5 atom stereocenters. The molecule has 4 bridgehead atoms. The molecule has 5 unspecified atom stereocenters. The zero-order valence-corrected chi connectivity index (χ0v) is 16.7. The van der Waals surface area contributed by atoms with Gasteiger partial charge in [-0.2, -0.15) is 0 Å². The highest BCUT2D eigenvalue weighted by Gasteiger charge is 2.51. The fourth-order valence-electron chi connectivity index (χ4n) is 6.73. The van der Waals surface area contributed by atoms with Gasteiger partial charge in [-0.1, -0.05) is 20.8 Å². The summed E-state index contributed by atoms with van der Waals surface area (Å²) in [6, 6.07) is 2.59. The van der Waals surface area contributed by atoms with Gasteiger partial charge in [-0.15, -0.1) is 0 Å². The minimum Gasteiger partial charge on any atom is -0.300 e. The van der Waals surface area contributed by atoms with Crippen molar-refractivity contribution in [2.24, 2.45) is 17.8 Å². The van der Waals surface area contributed by atoms with E-state index in [0.717, 1.165) is 35.9 Å². The standard InChI is InChI=1S/C21H39N3/c1-6-22-13-20-9-19(22)14-24(20)21(4,5)10-16-7-18-8-17(16)12-23(18)11-15(2)3/h15-20H,6-14H2,1-5H3. The van der Waals surface area contributed by atoms with Gasteiger partial charge in [0, 0.05) is 49.8 Å². The lowest BCUT2D eigenvalue weighted by molar-refractivity contribution is 0.0236. The predicted octanol–water partition coefficient (Wildman–Crippen LogP) is 3.30. The van der Waals surface area contributed by atoms with E-state index in [2.05, 4.69) is 49.3 Å². The SMILES string of the molecule is CCN1CC2CC1CN2C(C)(C)CC1CC2CC1CN2CC(C)C. The van der Waals surface area contributed by atoms with E-state index in [9.17, 15) is 0 Å². The molecule has 0 aromatic heterocycles. The molecule has 4 rings (SSSR count). The summed E-state index contributed by atoms with van der Waals surface area (Å²) < 4.78 is 0. The number of rotatable bonds is 6. The number of fused-ring (bicyclic) bond motifs is 4. The molecule has 0 aromatic rings. The summed E-state index contributed by atoms with van der Waals surface area (Å²) in [5, 5.41) is 0. The van der Waals surface area contributed by atoms with E-state index < -0.39 is 0 Å². The monoisotopic (exact) mass is 333 g/mol. The third kappa shape index (κ3) is 2.95. The first-order valence-corrected chi connectivity index (χ1v) is 10.6. The summed E-state index contributed by atoms with van der Waals surface area (Å²) in [6.45, 7) is 18.8. The van der Waals surface area contributed by atoms with E-state index in [-0.39, 0.29) is 0 Å². The fraction of sp³-hybridized carbons (Fsp3) is 1.00. The van der Waals surface area contributed by atoms with Gasteiger partial charge in [0.15, 0.2) is 0 Å². The zero-order chi connectivity index (χ0) is 17.1. The van der Waals surface area contributed by atoms with Crippen molar-refractivity contribution in [3.05, 3.63) is 0 Å². The summed E-state index contributed by atoms with van der Waals surface area (Å²) in [4.78, 5) is 8.40. The van der Waals surface area contributed by atoms with Gasteiger partial charge in [0.2, 0.25) is 0 Å². The zero-order valence-electron chi connectivity index (χ0n) is 16.7. The average Bonchev–Trinajstić information content (AvgIpc) is 3.24. The van der Waals surface area contributed by atoms with E-state index in [1.807, 2.05) is 0 Å². The molecular weight excluding hydrogens is 294 g/mol. The van der Waals surface area contributed by atoms with Gasteiger partial charge in [-0.25, -0.2) is 0 Å². The Bertz CT molecular complexity index is 460. The van der Waals surface area contributed by atoms with E-state index in [1.54, 1.807) is 0 Å². The second kappa shape index (κ2) is 6.25. The highest BCUT2D eigenvalue weighted by molar-refractivity contribution is 5.06. The van der Waals surface area contributed by atoms with E-state index in [4.69, 9.17) is 0 Å². The van der Waals surface area contributed by atoms with Crippen molar-refractivity contribution in [1.82, 2.24) is 14.7 Å². The number of likely N-dealkylation sites (tertiary alicyclic amines) is 3. The molecule has 0 spiro atoms. The Morgan fingerprint density at radius 3 is 2.25 bits per heavy atom. The molecule has 3 heteroatoms. The van der Waals surface area contributed by atoms with Gasteiger partial charge in [-0.05, 0) is 63.8 Å². The number of hydrogen-bond acceptors (Lipinski definition) is 3. The number of piperidine rings is 1. The molecule has 0 N–H and O–H groups in total. The number of likely N-dealkylation sites (N-methyl/N-ethyl adjacent to an activating group) is 1. The Balaban J connectivity index is 1.34. The Kier molecular flexibility index (Phi) is 4.50. The summed E-state index contributed by atoms with van der Waals surface area (Å²) in [5.41, 5.74) is 0.400. The Morgan fingerprint density at radius 2 is 1.71 bits per heavy atom. The normalized spacial score (nSPS) is 40.5. The predicted molar refractivity (Wildman–Crippen MR) is 101 cm³/mol. The lowest BCUT2D eigenvalue weighted by Crippen LogP contribution is -2.55. The van der Waals surface area contributed by atoms with Crippen molar-refractivity contribution in [1.29, 1.82) is 0 Å². The summed E-state index contributed by atoms with van der Waals surface area (Å²) in [5.74, 6) is 2.79. The van der Waals surface area contributed by atoms with Crippen LogP contribution in [0.2, 0.25) is 0 Å². The molecule has 3 nitrogen and oxygen atoms in total. The van der Waals surface area contributed by atoms with Crippen LogP contribution >= 0.6 is 0 Å². The van der Waals surface area contributed by atoms with Gasteiger partial charge in [0.05, 0.1) is 0 Å². The smallest absolute Gasteiger partial charge is 0.0244 e. The van der Waals surface area contributed by atoms with Gasteiger partial charge < -0.3 is 0 Å². The first-order chi connectivity index (χ1) is 11.4. The summed E-state index contributed by atoms with van der Waals surface area (Å²) >= 11 is 0. The summed E-state index contributed by atoms with van der Waals surface area (Å²) in [7, 11) is 0. The molecule has 1 saturated carbocycles. The maximum Gasteiger partial charge on any atom is 0.0244 e. The Labute approximate surface area is 149 Å². The van der Waals surface area contributed by atoms with E-state index in [0.29, 0.717) is 5.54 Å². The quantitative estimate of drug-likeness (QED) is 0.738. The number of nitrogens with zero attached hydrogens (tertiary/aromatic N) is 3. The largest absolute Gasteiger partial charge is 0.300 e.